The molecule has 0 radical (unpaired) electrons. The van der Waals surface area contributed by atoms with E-state index in [2.05, 4.69) is 5.32 Å². The van der Waals surface area contributed by atoms with Gasteiger partial charge in [0, 0.05) is 28.2 Å². The molecule has 0 fully saturated rings. The second-order valence-electron chi connectivity index (χ2n) is 4.59. The summed E-state index contributed by atoms with van der Waals surface area (Å²) in [5.74, 6) is -0.852. The Balaban J connectivity index is 2.01. The molecule has 0 aliphatic carbocycles. The Morgan fingerprint density at radius 3 is 2.95 bits per heavy atom. The number of carboxylic acids is 1. The standard InChI is InChI=1S/C14H12N2O3/c17-13(18)6-5-9-8-16(19)12-7-15-11-4-2-1-3-10(11)14(9)12/h1-4,8H,5-7H2,(H-,15,17,18,19)/p+1. The molecule has 5 nitrogen and oxygen atoms in total. The minimum Gasteiger partial charge on any atom is -0.481 e. The van der Waals surface area contributed by atoms with E-state index in [9.17, 15) is 9.70 Å². The molecule has 5 heteroatoms. The van der Waals surface area contributed by atoms with Crippen LogP contribution in [0.1, 0.15) is 18.4 Å². The average molecular weight is 257 g/mol. The highest BCUT2D eigenvalue weighted by Gasteiger charge is 2.37. The van der Waals surface area contributed by atoms with E-state index in [0.717, 1.165) is 27.2 Å². The molecule has 0 aromatic heterocycles. The van der Waals surface area contributed by atoms with E-state index < -0.39 is 5.97 Å². The van der Waals surface area contributed by atoms with Gasteiger partial charge in [-0.05, 0) is 12.5 Å². The summed E-state index contributed by atoms with van der Waals surface area (Å²) in [5.41, 5.74) is 4.32. The van der Waals surface area contributed by atoms with E-state index in [0.29, 0.717) is 18.7 Å². The van der Waals surface area contributed by atoms with E-state index in [-0.39, 0.29) is 6.42 Å². The maximum Gasteiger partial charge on any atom is 0.303 e. The largest absolute Gasteiger partial charge is 0.481 e. The summed E-state index contributed by atoms with van der Waals surface area (Å²) in [4.78, 5) is 22.6. The smallest absolute Gasteiger partial charge is 0.303 e. The zero-order valence-corrected chi connectivity index (χ0v) is 10.2. The van der Waals surface area contributed by atoms with Crippen molar-refractivity contribution in [3.8, 4) is 0 Å². The number of nitrogens with zero attached hydrogens (tertiary/aromatic N) is 1. The van der Waals surface area contributed by atoms with Gasteiger partial charge in [-0.3, -0.25) is 4.79 Å². The lowest BCUT2D eigenvalue weighted by atomic mass is 9.92. The van der Waals surface area contributed by atoms with Gasteiger partial charge in [0.05, 0.1) is 10.3 Å². The van der Waals surface area contributed by atoms with Crippen molar-refractivity contribution in [3.63, 3.8) is 0 Å². The highest BCUT2D eigenvalue weighted by molar-refractivity contribution is 5.90. The molecule has 0 atom stereocenters. The highest BCUT2D eigenvalue weighted by atomic mass is 16.4. The number of hydrogen-bond acceptors (Lipinski definition) is 3. The first kappa shape index (κ1) is 11.6. The zero-order valence-electron chi connectivity index (χ0n) is 10.2. The Hall–Kier alpha value is -2.43. The van der Waals surface area contributed by atoms with Crippen molar-refractivity contribution in [2.45, 2.75) is 12.8 Å². The minimum atomic E-state index is -0.852. The molecule has 1 aromatic rings. The molecular formula is C14H13N2O3+. The molecule has 19 heavy (non-hydrogen) atoms. The molecule has 0 saturated heterocycles. The lowest BCUT2D eigenvalue weighted by molar-refractivity contribution is -0.419. The third-order valence-corrected chi connectivity index (χ3v) is 3.40. The van der Waals surface area contributed by atoms with Crippen molar-refractivity contribution in [3.05, 3.63) is 52.2 Å². The van der Waals surface area contributed by atoms with Gasteiger partial charge in [-0.25, -0.2) is 0 Å². The fraction of sp³-hybridized carbons (Fsp3) is 0.214. The molecule has 2 N–H and O–H groups in total. The Bertz CT molecular complexity index is 644. The van der Waals surface area contributed by atoms with Crippen LogP contribution in [0.15, 0.2) is 41.7 Å². The van der Waals surface area contributed by atoms with Crippen molar-refractivity contribution < 1.29 is 14.7 Å². The number of benzene rings is 1. The summed E-state index contributed by atoms with van der Waals surface area (Å²) in [5, 5.41) is 12.0. The molecule has 2 aliphatic rings. The first-order valence-electron chi connectivity index (χ1n) is 6.12. The third-order valence-electron chi connectivity index (χ3n) is 3.40. The number of nitrogens with one attached hydrogen (secondary N) is 1. The average Bonchev–Trinajstić information content (AvgIpc) is 2.73. The number of para-hydroxylation sites is 1. The van der Waals surface area contributed by atoms with Crippen LogP contribution in [0.25, 0.3) is 5.57 Å². The molecule has 0 saturated carbocycles. The van der Waals surface area contributed by atoms with E-state index in [4.69, 9.17) is 5.11 Å². The van der Waals surface area contributed by atoms with Crippen LogP contribution in [0.5, 0.6) is 0 Å². The van der Waals surface area contributed by atoms with Crippen LogP contribution in [-0.2, 0) is 4.79 Å². The van der Waals surface area contributed by atoms with Crippen LogP contribution >= 0.6 is 0 Å². The lowest BCUT2D eigenvalue weighted by Gasteiger charge is -2.17. The van der Waals surface area contributed by atoms with Crippen LogP contribution < -0.4 is 5.32 Å². The third kappa shape index (κ3) is 1.93. The number of anilines is 1. The van der Waals surface area contributed by atoms with Gasteiger partial charge in [-0.1, -0.05) is 18.2 Å². The van der Waals surface area contributed by atoms with E-state index in [1.807, 2.05) is 24.3 Å². The first-order valence-corrected chi connectivity index (χ1v) is 6.12. The Morgan fingerprint density at radius 2 is 2.16 bits per heavy atom. The number of hydrogen-bond donors (Lipinski definition) is 2. The van der Waals surface area contributed by atoms with Crippen LogP contribution in [0, 0.1) is 4.91 Å². The number of fused-ring (bicyclic) bond motifs is 2. The van der Waals surface area contributed by atoms with E-state index in [1.54, 1.807) is 0 Å². The molecule has 3 rings (SSSR count). The van der Waals surface area contributed by atoms with Gasteiger partial charge < -0.3 is 10.4 Å². The fourth-order valence-corrected chi connectivity index (χ4v) is 2.54. The Labute approximate surface area is 109 Å². The second kappa shape index (κ2) is 4.35. The monoisotopic (exact) mass is 257 g/mol. The topological polar surface area (TPSA) is 69.4 Å². The number of rotatable bonds is 3. The SMILES string of the molecule is O=C(O)CCC1=C[N+](=O)C2=C1c1ccccc1NC2. The summed E-state index contributed by atoms with van der Waals surface area (Å²) in [6, 6.07) is 7.76. The van der Waals surface area contributed by atoms with Crippen LogP contribution in [0.3, 0.4) is 0 Å². The first-order chi connectivity index (χ1) is 9.16. The Kier molecular flexibility index (Phi) is 2.67. The van der Waals surface area contributed by atoms with Gasteiger partial charge >= 0.3 is 5.97 Å². The summed E-state index contributed by atoms with van der Waals surface area (Å²) in [6.07, 6.45) is 1.91. The maximum atomic E-state index is 11.9. The van der Waals surface area contributed by atoms with Gasteiger partial charge in [0.2, 0.25) is 6.20 Å². The summed E-state index contributed by atoms with van der Waals surface area (Å²) in [6.45, 7) is 0.475. The minimum absolute atomic E-state index is 0.0338. The van der Waals surface area contributed by atoms with Crippen molar-refractivity contribution in [1.29, 1.82) is 0 Å². The summed E-state index contributed by atoms with van der Waals surface area (Å²) >= 11 is 0. The Morgan fingerprint density at radius 1 is 1.37 bits per heavy atom. The maximum absolute atomic E-state index is 11.9. The summed E-state index contributed by atoms with van der Waals surface area (Å²) in [7, 11) is 0. The normalized spacial score (nSPS) is 16.6. The molecule has 0 amide bonds. The fourth-order valence-electron chi connectivity index (χ4n) is 2.54. The molecule has 96 valence electrons. The van der Waals surface area contributed by atoms with Gasteiger partial charge in [-0.2, -0.15) is 0 Å². The lowest BCUT2D eigenvalue weighted by Crippen LogP contribution is -2.16. The number of aliphatic carboxylic acids is 1. The molecule has 0 spiro atoms. The van der Waals surface area contributed by atoms with Gasteiger partial charge in [0.25, 0.3) is 5.70 Å². The van der Waals surface area contributed by atoms with Crippen molar-refractivity contribution in [2.75, 3.05) is 11.9 Å². The van der Waals surface area contributed by atoms with Crippen molar-refractivity contribution in [2.24, 2.45) is 0 Å². The molecule has 0 unspecified atom stereocenters. The second-order valence-corrected chi connectivity index (χ2v) is 4.59. The van der Waals surface area contributed by atoms with Crippen molar-refractivity contribution >= 4 is 17.2 Å². The van der Waals surface area contributed by atoms with Gasteiger partial charge in [0.15, 0.2) is 0 Å². The predicted octanol–water partition coefficient (Wildman–Crippen LogP) is 2.36. The molecular weight excluding hydrogens is 244 g/mol. The van der Waals surface area contributed by atoms with Gasteiger partial charge in [-0.15, -0.1) is 0 Å². The molecule has 2 heterocycles. The number of carboxylic acid groups (broad SMARTS) is 1. The molecule has 1 aromatic carbocycles. The number of allylic oxidation sites excluding steroid dienone is 2. The van der Waals surface area contributed by atoms with Crippen LogP contribution in [-0.4, -0.2) is 22.4 Å². The number of carbonyl (C=O) groups is 1. The molecule has 2 aliphatic heterocycles. The number of nitroso groups, excluding NO2 is 1. The van der Waals surface area contributed by atoms with Gasteiger partial charge in [0.1, 0.15) is 6.54 Å². The van der Waals surface area contributed by atoms with E-state index in [1.165, 1.54) is 6.20 Å². The van der Waals surface area contributed by atoms with Crippen molar-refractivity contribution in [1.82, 2.24) is 0 Å². The quantitative estimate of drug-likeness (QED) is 0.815. The summed E-state index contributed by atoms with van der Waals surface area (Å²) < 4.78 is 0.843. The zero-order chi connectivity index (χ0) is 13.4. The highest BCUT2D eigenvalue weighted by Crippen LogP contribution is 2.40. The van der Waals surface area contributed by atoms with Crippen LogP contribution in [0.4, 0.5) is 5.69 Å². The molecule has 0 bridgehead atoms. The predicted molar refractivity (Wildman–Crippen MR) is 70.4 cm³/mol. The van der Waals surface area contributed by atoms with E-state index >= 15 is 0 Å². The van der Waals surface area contributed by atoms with Crippen LogP contribution in [0.2, 0.25) is 0 Å².